The van der Waals surface area contributed by atoms with E-state index in [1.165, 1.54) is 41.1 Å². The van der Waals surface area contributed by atoms with E-state index in [4.69, 9.17) is 32.8 Å². The van der Waals surface area contributed by atoms with Crippen molar-refractivity contribution in [2.45, 2.75) is 97.3 Å². The Kier molecular flexibility index (Phi) is 21.8. The van der Waals surface area contributed by atoms with Gasteiger partial charge in [0, 0.05) is 50.8 Å². The Hall–Kier alpha value is -7.14. The molecule has 21 heteroatoms. The zero-order valence-corrected chi connectivity index (χ0v) is 47.7. The van der Waals surface area contributed by atoms with Gasteiger partial charge in [-0.15, -0.1) is 0 Å². The van der Waals surface area contributed by atoms with E-state index in [-0.39, 0.29) is 40.5 Å². The Morgan fingerprint density at radius 3 is 2.22 bits per heavy atom. The van der Waals surface area contributed by atoms with Crippen molar-refractivity contribution in [1.82, 2.24) is 35.3 Å². The third kappa shape index (κ3) is 18.2. The van der Waals surface area contributed by atoms with Crippen LogP contribution in [0.15, 0.2) is 102 Å². The van der Waals surface area contributed by atoms with E-state index in [0.29, 0.717) is 134 Å². The maximum Gasteiger partial charge on any atom is 0.284 e. The molecule has 6 aromatic rings. The predicted octanol–water partition coefficient (Wildman–Crippen LogP) is 9.07. The lowest BCUT2D eigenvalue weighted by Gasteiger charge is -2.38. The average Bonchev–Trinajstić information content (AvgIpc) is 4.12. The zero-order valence-electron chi connectivity index (χ0n) is 47.7. The maximum absolute atomic E-state index is 14.1. The van der Waals surface area contributed by atoms with Gasteiger partial charge in [0.15, 0.2) is 11.4 Å². The summed E-state index contributed by atoms with van der Waals surface area (Å²) in [5.74, 6) is 1.37. The smallest absolute Gasteiger partial charge is 0.284 e. The number of aromatic nitrogens is 4. The number of benzene rings is 3. The summed E-state index contributed by atoms with van der Waals surface area (Å²) < 4.78 is 69.3. The first-order chi connectivity index (χ1) is 40.3. The molecule has 4 heterocycles. The molecule has 2 atom stereocenters. The molecule has 1 unspecified atom stereocenters. The third-order valence-electron chi connectivity index (χ3n) is 14.4. The minimum atomic E-state index is -2.94. The number of anilines is 2. The highest BCUT2D eigenvalue weighted by Gasteiger charge is 2.37. The molecule has 0 bridgehead atoms. The Morgan fingerprint density at radius 1 is 0.795 bits per heavy atom. The summed E-state index contributed by atoms with van der Waals surface area (Å²) in [6, 6.07) is 24.3. The van der Waals surface area contributed by atoms with Crippen molar-refractivity contribution in [2.24, 2.45) is 11.3 Å². The van der Waals surface area contributed by atoms with Crippen LogP contribution in [-0.2, 0) is 59.2 Å². The molecule has 3 aliphatic rings. The average molecular weight is 1150 g/mol. The van der Waals surface area contributed by atoms with Crippen molar-refractivity contribution in [3.8, 4) is 22.9 Å². The fraction of sp³-hybridized carbons (Fsp3) is 0.484. The number of carbonyl (C=O) groups is 3. The number of hydrogen-bond donors (Lipinski definition) is 4. The van der Waals surface area contributed by atoms with E-state index < -0.39 is 24.1 Å². The van der Waals surface area contributed by atoms with E-state index in [9.17, 15) is 23.2 Å². The first-order valence-corrected chi connectivity index (χ1v) is 28.8. The van der Waals surface area contributed by atoms with Crippen molar-refractivity contribution >= 4 is 29.2 Å². The molecule has 444 valence electrons. The molecule has 0 spiro atoms. The first kappa shape index (κ1) is 60.5. The number of hydrogen-bond acceptors (Lipinski definition) is 15. The summed E-state index contributed by atoms with van der Waals surface area (Å²) in [7, 11) is 0. The summed E-state index contributed by atoms with van der Waals surface area (Å²) in [5.41, 5.74) is 5.60. The number of halogens is 2. The van der Waals surface area contributed by atoms with Crippen LogP contribution in [0.3, 0.4) is 0 Å². The van der Waals surface area contributed by atoms with Crippen molar-refractivity contribution in [1.29, 1.82) is 0 Å². The second kappa shape index (κ2) is 29.9. The molecule has 1 saturated carbocycles. The number of alkyl halides is 2. The van der Waals surface area contributed by atoms with Gasteiger partial charge in [-0.25, -0.2) is 23.4 Å². The van der Waals surface area contributed by atoms with Crippen LogP contribution >= 0.6 is 0 Å². The molecule has 2 aliphatic carbocycles. The highest BCUT2D eigenvalue weighted by Crippen LogP contribution is 2.34. The van der Waals surface area contributed by atoms with Crippen molar-refractivity contribution in [3.63, 3.8) is 0 Å². The molecule has 4 N–H and O–H groups in total. The minimum absolute atomic E-state index is 0.0289. The highest BCUT2D eigenvalue weighted by molar-refractivity contribution is 6.03. The van der Waals surface area contributed by atoms with Crippen molar-refractivity contribution < 1.29 is 56.0 Å². The molecule has 0 radical (unpaired) electrons. The van der Waals surface area contributed by atoms with Crippen LogP contribution in [0, 0.1) is 11.3 Å². The monoisotopic (exact) mass is 1150 g/mol. The quantitative estimate of drug-likeness (QED) is 0.0290. The Morgan fingerprint density at radius 2 is 1.51 bits per heavy atom. The van der Waals surface area contributed by atoms with Gasteiger partial charge in [0.05, 0.1) is 89.7 Å². The molecular weight excluding hydrogens is 1070 g/mol. The molecule has 3 aromatic carbocycles. The summed E-state index contributed by atoms with van der Waals surface area (Å²) in [6.45, 7) is 13.1. The van der Waals surface area contributed by atoms with Crippen LogP contribution in [0.4, 0.5) is 20.3 Å². The molecule has 83 heavy (non-hydrogen) atoms. The third-order valence-corrected chi connectivity index (χ3v) is 14.4. The molecule has 1 fully saturated rings. The topological polar surface area (TPSA) is 215 Å². The SMILES string of the molecule is CC(C)(C)CC(=O)N1Cc2cc(OCCOCCOCCOCCOCCOCCNCc3ccc(-n4cc(NC(=O)c5coc(-c6ccnc(NCC7CC7)c6)n5)c(C(F)F)n4)cc3)ccc2CC1C(=O)N[C@@H]1CCCc2ccccc21. The standard InChI is InChI=1S/C62H77F2N9O10/c1-62(2,3)36-56(74)72-39-47-33-49(18-15-45(47)34-54(72)60(76)68-51-10-6-8-44-7-4-5-9-50(44)51)82-32-31-81-30-29-80-28-27-79-26-25-78-24-23-77-22-21-65-37-42-13-16-48(17-14-42)73-40-52(57(71-73)58(63)64)69-59(75)53-41-83-61(70-53)46-19-20-66-55(35-46)67-38-43-11-12-43/h4-5,7,9,13-20,33,35,40-41,43,51,54,58,65H,6,8,10-12,21-32,34,36-39H2,1-3H3,(H,66,67)(H,68,76)(H,69,75)/t51-,54?/m1/s1. The van der Waals surface area contributed by atoms with Gasteiger partial charge >= 0.3 is 0 Å². The van der Waals surface area contributed by atoms with E-state index in [1.807, 2.05) is 63.2 Å². The Bertz CT molecular complexity index is 3050. The van der Waals surface area contributed by atoms with Crippen LogP contribution in [-0.4, -0.2) is 134 Å². The molecule has 19 nitrogen and oxygen atoms in total. The molecule has 1 aliphatic heterocycles. The number of rotatable bonds is 32. The highest BCUT2D eigenvalue weighted by atomic mass is 19.3. The number of fused-ring (bicyclic) bond motifs is 2. The summed E-state index contributed by atoms with van der Waals surface area (Å²) in [6.07, 6.45) is 7.31. The Balaban J connectivity index is 0.577. The van der Waals surface area contributed by atoms with Gasteiger partial charge in [-0.05, 0) is 108 Å². The van der Waals surface area contributed by atoms with Gasteiger partial charge in [0.2, 0.25) is 17.7 Å². The van der Waals surface area contributed by atoms with E-state index in [1.54, 1.807) is 35.4 Å². The predicted molar refractivity (Wildman–Crippen MR) is 308 cm³/mol. The fourth-order valence-corrected chi connectivity index (χ4v) is 9.92. The van der Waals surface area contributed by atoms with Crippen LogP contribution in [0.2, 0.25) is 0 Å². The zero-order chi connectivity index (χ0) is 58.0. The lowest BCUT2D eigenvalue weighted by atomic mass is 9.86. The second-order valence-electron chi connectivity index (χ2n) is 22.2. The number of amides is 3. The molecule has 3 aromatic heterocycles. The number of nitrogens with zero attached hydrogens (tertiary/aromatic N) is 5. The molecule has 0 saturated heterocycles. The van der Waals surface area contributed by atoms with Crippen LogP contribution in [0.5, 0.6) is 5.75 Å². The van der Waals surface area contributed by atoms with Gasteiger partial charge in [-0.2, -0.15) is 5.10 Å². The lowest BCUT2D eigenvalue weighted by Crippen LogP contribution is -2.53. The van der Waals surface area contributed by atoms with Gasteiger partial charge in [-0.3, -0.25) is 14.4 Å². The number of nitrogens with one attached hydrogen (secondary N) is 4. The van der Waals surface area contributed by atoms with Gasteiger partial charge in [0.25, 0.3) is 12.3 Å². The van der Waals surface area contributed by atoms with Gasteiger partial charge < -0.3 is 59.0 Å². The lowest BCUT2D eigenvalue weighted by molar-refractivity contribution is -0.143. The largest absolute Gasteiger partial charge is 0.491 e. The number of pyridine rings is 1. The van der Waals surface area contributed by atoms with E-state index in [0.717, 1.165) is 42.5 Å². The maximum atomic E-state index is 14.1. The molecule has 3 amide bonds. The Labute approximate surface area is 483 Å². The number of ether oxygens (including phenoxy) is 6. The number of carbonyl (C=O) groups excluding carboxylic acids is 3. The van der Waals surface area contributed by atoms with Crippen molar-refractivity contribution in [2.75, 3.05) is 96.4 Å². The number of aryl methyl sites for hydroxylation is 1. The summed E-state index contributed by atoms with van der Waals surface area (Å²) in [5, 5.41) is 16.5. The van der Waals surface area contributed by atoms with Crippen LogP contribution in [0.1, 0.15) is 109 Å². The minimum Gasteiger partial charge on any atom is -0.491 e. The summed E-state index contributed by atoms with van der Waals surface area (Å²) >= 11 is 0. The van der Waals surface area contributed by atoms with Gasteiger partial charge in [0.1, 0.15) is 30.5 Å². The normalized spacial score (nSPS) is 15.9. The number of oxazole rings is 1. The summed E-state index contributed by atoms with van der Waals surface area (Å²) in [4.78, 5) is 51.2. The van der Waals surface area contributed by atoms with Crippen LogP contribution in [0.25, 0.3) is 17.1 Å². The van der Waals surface area contributed by atoms with Crippen LogP contribution < -0.4 is 26.0 Å². The first-order valence-electron chi connectivity index (χ1n) is 28.8. The fourth-order valence-electron chi connectivity index (χ4n) is 9.92. The van der Waals surface area contributed by atoms with E-state index >= 15 is 0 Å². The van der Waals surface area contributed by atoms with Crippen molar-refractivity contribution in [3.05, 3.63) is 137 Å². The van der Waals surface area contributed by atoms with E-state index in [2.05, 4.69) is 48.5 Å². The molecule has 9 rings (SSSR count). The second-order valence-corrected chi connectivity index (χ2v) is 22.2. The molecular formula is C62H77F2N9O10. The van der Waals surface area contributed by atoms with Gasteiger partial charge in [-0.1, -0.05) is 63.2 Å².